The number of carbonyl (C=O) groups is 1. The van der Waals surface area contributed by atoms with E-state index in [2.05, 4.69) is 51.7 Å². The van der Waals surface area contributed by atoms with Gasteiger partial charge in [0, 0.05) is 25.9 Å². The number of aromatic nitrogens is 2. The van der Waals surface area contributed by atoms with Crippen molar-refractivity contribution in [3.05, 3.63) is 11.8 Å². The fraction of sp³-hybridized carbons (Fsp3) is 0.833. The van der Waals surface area contributed by atoms with Gasteiger partial charge in [-0.1, -0.05) is 41.5 Å². The molecule has 1 aliphatic rings. The molecule has 2 rings (SSSR count). The summed E-state index contributed by atoms with van der Waals surface area (Å²) in [5.41, 5.74) is 0.152. The second-order valence-corrected chi connectivity index (χ2v) is 9.19. The normalized spacial score (nSPS) is 19.9. The lowest BCUT2D eigenvalue weighted by Crippen LogP contribution is -2.40. The molecule has 1 aromatic heterocycles. The topological polar surface area (TPSA) is 59.2 Å². The number of amides is 1. The Labute approximate surface area is 139 Å². The Bertz CT molecular complexity index is 537. The molecule has 5 heteroatoms. The molecule has 1 aromatic rings. The van der Waals surface area contributed by atoms with Crippen LogP contribution in [0.4, 0.5) is 0 Å². The maximum absolute atomic E-state index is 12.4. The lowest BCUT2D eigenvalue weighted by atomic mass is 9.90. The van der Waals surface area contributed by atoms with E-state index in [1.807, 2.05) is 4.90 Å². The van der Waals surface area contributed by atoms with Crippen LogP contribution in [0.3, 0.4) is 0 Å². The van der Waals surface area contributed by atoms with E-state index in [0.29, 0.717) is 24.7 Å². The van der Waals surface area contributed by atoms with Crippen molar-refractivity contribution in [3.8, 4) is 0 Å². The third kappa shape index (κ3) is 5.63. The van der Waals surface area contributed by atoms with Crippen LogP contribution in [0.25, 0.3) is 0 Å². The summed E-state index contributed by atoms with van der Waals surface area (Å²) >= 11 is 0. The van der Waals surface area contributed by atoms with Crippen molar-refractivity contribution < 1.29 is 9.21 Å². The lowest BCUT2D eigenvalue weighted by molar-refractivity contribution is -0.134. The fourth-order valence-electron chi connectivity index (χ4n) is 2.93. The zero-order valence-electron chi connectivity index (χ0n) is 15.5. The van der Waals surface area contributed by atoms with Gasteiger partial charge in [0.25, 0.3) is 0 Å². The van der Waals surface area contributed by atoms with E-state index in [1.165, 1.54) is 0 Å². The summed E-state index contributed by atoms with van der Waals surface area (Å²) in [4.78, 5) is 14.4. The van der Waals surface area contributed by atoms with Crippen molar-refractivity contribution in [3.63, 3.8) is 0 Å². The van der Waals surface area contributed by atoms with Crippen LogP contribution in [0.2, 0.25) is 0 Å². The van der Waals surface area contributed by atoms with Gasteiger partial charge in [-0.15, -0.1) is 10.2 Å². The summed E-state index contributed by atoms with van der Waals surface area (Å²) < 4.78 is 5.87. The molecule has 0 aliphatic carbocycles. The summed E-state index contributed by atoms with van der Waals surface area (Å²) in [7, 11) is 0. The van der Waals surface area contributed by atoms with E-state index >= 15 is 0 Å². The molecule has 0 N–H and O–H groups in total. The fourth-order valence-corrected chi connectivity index (χ4v) is 2.93. The molecule has 0 radical (unpaired) electrons. The average molecular weight is 321 g/mol. The van der Waals surface area contributed by atoms with Gasteiger partial charge in [0.1, 0.15) is 0 Å². The highest BCUT2D eigenvalue weighted by molar-refractivity contribution is 5.77. The predicted octanol–water partition coefficient (Wildman–Crippen LogP) is 3.80. The van der Waals surface area contributed by atoms with E-state index in [-0.39, 0.29) is 22.7 Å². The second-order valence-electron chi connectivity index (χ2n) is 9.19. The third-order valence-corrected chi connectivity index (χ3v) is 3.97. The van der Waals surface area contributed by atoms with Gasteiger partial charge in [0.05, 0.1) is 5.92 Å². The Hall–Kier alpha value is -1.39. The Kier molecular flexibility index (Phi) is 5.17. The summed E-state index contributed by atoms with van der Waals surface area (Å²) in [6.45, 7) is 14.3. The van der Waals surface area contributed by atoms with Gasteiger partial charge >= 0.3 is 0 Å². The molecule has 0 saturated carbocycles. The molecule has 0 bridgehead atoms. The number of likely N-dealkylation sites (tertiary alicyclic amines) is 1. The van der Waals surface area contributed by atoms with Crippen molar-refractivity contribution in [1.29, 1.82) is 0 Å². The standard InChI is InChI=1S/C18H31N3O2/c1-17(2,3)10-14-19-20-16(23-14)13-8-7-9-21(12-13)15(22)11-18(4,5)6/h13H,7-12H2,1-6H3. The molecule has 1 saturated heterocycles. The molecule has 130 valence electrons. The van der Waals surface area contributed by atoms with Crippen LogP contribution in [0.1, 0.15) is 78.5 Å². The zero-order chi connectivity index (χ0) is 17.3. The molecule has 5 nitrogen and oxygen atoms in total. The van der Waals surface area contributed by atoms with Crippen LogP contribution in [-0.2, 0) is 11.2 Å². The molecule has 0 spiro atoms. The largest absolute Gasteiger partial charge is 0.425 e. The first-order valence-electron chi connectivity index (χ1n) is 8.64. The number of piperidine rings is 1. The molecule has 2 heterocycles. The van der Waals surface area contributed by atoms with Crippen LogP contribution in [-0.4, -0.2) is 34.1 Å². The van der Waals surface area contributed by atoms with Gasteiger partial charge < -0.3 is 9.32 Å². The van der Waals surface area contributed by atoms with Crippen molar-refractivity contribution in [2.24, 2.45) is 10.8 Å². The maximum Gasteiger partial charge on any atom is 0.223 e. The Morgan fingerprint density at radius 1 is 1.17 bits per heavy atom. The quantitative estimate of drug-likeness (QED) is 0.849. The molecule has 1 fully saturated rings. The van der Waals surface area contributed by atoms with Crippen molar-refractivity contribution in [2.45, 2.75) is 73.1 Å². The highest BCUT2D eigenvalue weighted by atomic mass is 16.4. The number of rotatable bonds is 3. The van der Waals surface area contributed by atoms with E-state index in [9.17, 15) is 4.79 Å². The summed E-state index contributed by atoms with van der Waals surface area (Å²) in [5, 5.41) is 8.42. The van der Waals surface area contributed by atoms with Gasteiger partial charge in [-0.25, -0.2) is 0 Å². The lowest BCUT2D eigenvalue weighted by Gasteiger charge is -2.33. The predicted molar refractivity (Wildman–Crippen MR) is 90.1 cm³/mol. The molecule has 1 unspecified atom stereocenters. The number of nitrogens with zero attached hydrogens (tertiary/aromatic N) is 3. The first-order valence-corrected chi connectivity index (χ1v) is 8.64. The van der Waals surface area contributed by atoms with Crippen LogP contribution in [0, 0.1) is 10.8 Å². The average Bonchev–Trinajstić information content (AvgIpc) is 2.83. The SMILES string of the molecule is CC(C)(C)CC(=O)N1CCCC(c2nnc(CC(C)(C)C)o2)C1. The van der Waals surface area contributed by atoms with Crippen molar-refractivity contribution >= 4 is 5.91 Å². The third-order valence-electron chi connectivity index (χ3n) is 3.97. The van der Waals surface area contributed by atoms with Crippen molar-refractivity contribution in [2.75, 3.05) is 13.1 Å². The molecule has 1 amide bonds. The Morgan fingerprint density at radius 2 is 1.87 bits per heavy atom. The van der Waals surface area contributed by atoms with Crippen LogP contribution >= 0.6 is 0 Å². The monoisotopic (exact) mass is 321 g/mol. The second kappa shape index (κ2) is 6.62. The number of carbonyl (C=O) groups excluding carboxylic acids is 1. The minimum atomic E-state index is 0.0222. The number of hydrogen-bond acceptors (Lipinski definition) is 4. The highest BCUT2D eigenvalue weighted by Gasteiger charge is 2.30. The van der Waals surface area contributed by atoms with Gasteiger partial charge in [-0.05, 0) is 23.7 Å². The molecular weight excluding hydrogens is 290 g/mol. The molecule has 23 heavy (non-hydrogen) atoms. The molecule has 1 aliphatic heterocycles. The number of hydrogen-bond donors (Lipinski definition) is 0. The van der Waals surface area contributed by atoms with E-state index in [0.717, 1.165) is 25.8 Å². The Morgan fingerprint density at radius 3 is 2.48 bits per heavy atom. The van der Waals surface area contributed by atoms with Crippen LogP contribution < -0.4 is 0 Å². The van der Waals surface area contributed by atoms with E-state index < -0.39 is 0 Å². The molecule has 0 aromatic carbocycles. The van der Waals surface area contributed by atoms with Crippen LogP contribution in [0.5, 0.6) is 0 Å². The first-order chi connectivity index (χ1) is 10.5. The Balaban J connectivity index is 2.00. The molecule has 1 atom stereocenters. The summed E-state index contributed by atoms with van der Waals surface area (Å²) in [5.74, 6) is 1.80. The minimum Gasteiger partial charge on any atom is -0.425 e. The van der Waals surface area contributed by atoms with E-state index in [4.69, 9.17) is 4.42 Å². The summed E-state index contributed by atoms with van der Waals surface area (Å²) in [6, 6.07) is 0. The summed E-state index contributed by atoms with van der Waals surface area (Å²) in [6.07, 6.45) is 3.37. The molecular formula is C18H31N3O2. The van der Waals surface area contributed by atoms with Crippen molar-refractivity contribution in [1.82, 2.24) is 15.1 Å². The van der Waals surface area contributed by atoms with Gasteiger partial charge in [-0.2, -0.15) is 0 Å². The van der Waals surface area contributed by atoms with Gasteiger partial charge in [0.15, 0.2) is 0 Å². The van der Waals surface area contributed by atoms with Gasteiger partial charge in [-0.3, -0.25) is 4.79 Å². The minimum absolute atomic E-state index is 0.0222. The van der Waals surface area contributed by atoms with Gasteiger partial charge in [0.2, 0.25) is 17.7 Å². The first kappa shape index (κ1) is 18.0. The smallest absolute Gasteiger partial charge is 0.223 e. The van der Waals surface area contributed by atoms with Crippen LogP contribution in [0.15, 0.2) is 4.42 Å². The van der Waals surface area contributed by atoms with E-state index in [1.54, 1.807) is 0 Å². The highest BCUT2D eigenvalue weighted by Crippen LogP contribution is 2.29. The maximum atomic E-state index is 12.4. The zero-order valence-corrected chi connectivity index (χ0v) is 15.5.